The molecule has 2 amide bonds. The molecule has 154 valence electrons. The van der Waals surface area contributed by atoms with Gasteiger partial charge in [0.2, 0.25) is 11.8 Å². The fourth-order valence-corrected chi connectivity index (χ4v) is 4.63. The second kappa shape index (κ2) is 7.99. The molecule has 2 saturated heterocycles. The van der Waals surface area contributed by atoms with Gasteiger partial charge in [0.1, 0.15) is 6.54 Å². The lowest BCUT2D eigenvalue weighted by Gasteiger charge is -2.50. The highest BCUT2D eigenvalue weighted by molar-refractivity contribution is 5.82. The van der Waals surface area contributed by atoms with Crippen molar-refractivity contribution in [2.75, 3.05) is 26.2 Å². The maximum atomic E-state index is 12.9. The van der Waals surface area contributed by atoms with Gasteiger partial charge in [-0.2, -0.15) is 0 Å². The fraction of sp³-hybridized carbons (Fsp3) is 0.500. The van der Waals surface area contributed by atoms with Crippen LogP contribution in [-0.4, -0.2) is 63.4 Å². The molecule has 29 heavy (non-hydrogen) atoms. The molecule has 2 aromatic rings. The molecule has 1 atom stereocenters. The van der Waals surface area contributed by atoms with E-state index >= 15 is 0 Å². The third kappa shape index (κ3) is 4.19. The summed E-state index contributed by atoms with van der Waals surface area (Å²) in [6.07, 6.45) is 5.13. The lowest BCUT2D eigenvalue weighted by atomic mass is 9.71. The molecular formula is C22H29N5O2. The topological polar surface area (TPSA) is 70.5 Å². The van der Waals surface area contributed by atoms with E-state index in [0.717, 1.165) is 19.6 Å². The lowest BCUT2D eigenvalue weighted by molar-refractivity contribution is -0.150. The van der Waals surface area contributed by atoms with Crippen molar-refractivity contribution in [2.24, 2.45) is 11.3 Å². The Balaban J connectivity index is 1.44. The summed E-state index contributed by atoms with van der Waals surface area (Å²) in [4.78, 5) is 33.8. The molecule has 2 fully saturated rings. The third-order valence-electron chi connectivity index (χ3n) is 5.96. The smallest absolute Gasteiger partial charge is 0.242 e. The van der Waals surface area contributed by atoms with Gasteiger partial charge in [0.25, 0.3) is 0 Å². The van der Waals surface area contributed by atoms with Crippen LogP contribution in [0.1, 0.15) is 19.4 Å². The van der Waals surface area contributed by atoms with Gasteiger partial charge in [0.05, 0.1) is 12.2 Å². The van der Waals surface area contributed by atoms with Gasteiger partial charge in [-0.3, -0.25) is 14.5 Å². The minimum absolute atomic E-state index is 0.0816. The van der Waals surface area contributed by atoms with E-state index in [4.69, 9.17) is 0 Å². The van der Waals surface area contributed by atoms with Crippen molar-refractivity contribution in [3.8, 4) is 0 Å². The number of imidazole rings is 1. The Kier molecular flexibility index (Phi) is 5.41. The van der Waals surface area contributed by atoms with E-state index in [1.807, 2.05) is 36.9 Å². The first-order valence-corrected chi connectivity index (χ1v) is 10.3. The van der Waals surface area contributed by atoms with Crippen LogP contribution in [0.4, 0.5) is 0 Å². The SMILES string of the molecule is CC(C)NC(=O)C1CN(Cc2ccccc2)CC12CN(C(=O)Cn1ccnc1)C2. The van der Waals surface area contributed by atoms with Gasteiger partial charge in [-0.25, -0.2) is 4.98 Å². The van der Waals surface area contributed by atoms with E-state index in [9.17, 15) is 9.59 Å². The largest absolute Gasteiger partial charge is 0.354 e. The van der Waals surface area contributed by atoms with Crippen molar-refractivity contribution in [1.82, 2.24) is 24.7 Å². The van der Waals surface area contributed by atoms with Crippen LogP contribution >= 0.6 is 0 Å². The van der Waals surface area contributed by atoms with Crippen molar-refractivity contribution in [3.63, 3.8) is 0 Å². The van der Waals surface area contributed by atoms with Gasteiger partial charge in [-0.15, -0.1) is 0 Å². The molecule has 1 aromatic heterocycles. The monoisotopic (exact) mass is 395 g/mol. The Morgan fingerprint density at radius 3 is 2.62 bits per heavy atom. The summed E-state index contributed by atoms with van der Waals surface area (Å²) in [6.45, 7) is 7.96. The van der Waals surface area contributed by atoms with Crippen molar-refractivity contribution >= 4 is 11.8 Å². The zero-order valence-corrected chi connectivity index (χ0v) is 17.1. The lowest BCUT2D eigenvalue weighted by Crippen LogP contribution is -2.64. The number of amides is 2. The molecule has 3 heterocycles. The first-order valence-electron chi connectivity index (χ1n) is 10.3. The molecule has 1 N–H and O–H groups in total. The van der Waals surface area contributed by atoms with E-state index in [2.05, 4.69) is 27.3 Å². The van der Waals surface area contributed by atoms with Crippen molar-refractivity contribution in [1.29, 1.82) is 0 Å². The number of carbonyl (C=O) groups is 2. The molecule has 1 spiro atoms. The highest BCUT2D eigenvalue weighted by Gasteiger charge is 2.57. The van der Waals surface area contributed by atoms with Crippen molar-refractivity contribution < 1.29 is 9.59 Å². The Morgan fingerprint density at radius 2 is 1.97 bits per heavy atom. The van der Waals surface area contributed by atoms with E-state index in [1.54, 1.807) is 23.3 Å². The normalized spacial score (nSPS) is 20.8. The number of likely N-dealkylation sites (tertiary alicyclic amines) is 2. The summed E-state index contributed by atoms with van der Waals surface area (Å²) in [5, 5.41) is 3.09. The Labute approximate surface area is 171 Å². The molecule has 1 aromatic carbocycles. The van der Waals surface area contributed by atoms with Gasteiger partial charge >= 0.3 is 0 Å². The number of carbonyl (C=O) groups excluding carboxylic acids is 2. The Morgan fingerprint density at radius 1 is 1.21 bits per heavy atom. The molecule has 0 saturated carbocycles. The van der Waals surface area contributed by atoms with Crippen LogP contribution in [0, 0.1) is 11.3 Å². The van der Waals surface area contributed by atoms with Crippen LogP contribution in [0.15, 0.2) is 49.1 Å². The molecule has 7 nitrogen and oxygen atoms in total. The summed E-state index contributed by atoms with van der Waals surface area (Å²) >= 11 is 0. The number of nitrogens with zero attached hydrogens (tertiary/aromatic N) is 4. The standard InChI is InChI=1S/C22H29N5O2/c1-17(2)24-21(29)19-11-26(10-18-6-4-3-5-7-18)13-22(19)14-27(15-22)20(28)12-25-9-8-23-16-25/h3-9,16-17,19H,10-15H2,1-2H3,(H,24,29). The zero-order chi connectivity index (χ0) is 20.4. The number of hydrogen-bond acceptors (Lipinski definition) is 4. The number of nitrogens with one attached hydrogen (secondary N) is 1. The van der Waals surface area contributed by atoms with Gasteiger partial charge < -0.3 is 14.8 Å². The third-order valence-corrected chi connectivity index (χ3v) is 5.96. The summed E-state index contributed by atoms with van der Waals surface area (Å²) in [5.74, 6) is 0.0985. The second-order valence-corrected chi connectivity index (χ2v) is 8.72. The van der Waals surface area contributed by atoms with E-state index in [0.29, 0.717) is 19.6 Å². The quantitative estimate of drug-likeness (QED) is 0.802. The number of aromatic nitrogens is 2. The summed E-state index contributed by atoms with van der Waals surface area (Å²) in [7, 11) is 0. The van der Waals surface area contributed by atoms with Crippen LogP contribution in [0.3, 0.4) is 0 Å². The highest BCUT2D eigenvalue weighted by atomic mass is 16.2. The average Bonchev–Trinajstić information content (AvgIpc) is 3.28. The highest BCUT2D eigenvalue weighted by Crippen LogP contribution is 2.44. The predicted octanol–water partition coefficient (Wildman–Crippen LogP) is 1.37. The average molecular weight is 396 g/mol. The van der Waals surface area contributed by atoms with Crippen LogP contribution < -0.4 is 5.32 Å². The molecule has 0 bridgehead atoms. The van der Waals surface area contributed by atoms with E-state index < -0.39 is 0 Å². The van der Waals surface area contributed by atoms with Crippen LogP contribution in [-0.2, 0) is 22.7 Å². The second-order valence-electron chi connectivity index (χ2n) is 8.72. The van der Waals surface area contributed by atoms with Crippen molar-refractivity contribution in [2.45, 2.75) is 33.0 Å². The van der Waals surface area contributed by atoms with Gasteiger partial charge in [0, 0.05) is 56.6 Å². The molecular weight excluding hydrogens is 366 g/mol. The maximum absolute atomic E-state index is 12.9. The molecule has 1 unspecified atom stereocenters. The first kappa shape index (κ1) is 19.6. The van der Waals surface area contributed by atoms with E-state index in [-0.39, 0.29) is 29.2 Å². The molecule has 0 radical (unpaired) electrons. The van der Waals surface area contributed by atoms with Gasteiger partial charge in [-0.05, 0) is 19.4 Å². The maximum Gasteiger partial charge on any atom is 0.242 e. The zero-order valence-electron chi connectivity index (χ0n) is 17.1. The number of rotatable bonds is 6. The number of benzene rings is 1. The summed E-state index contributed by atoms with van der Waals surface area (Å²) in [5.41, 5.74) is 1.10. The number of hydrogen-bond donors (Lipinski definition) is 1. The van der Waals surface area contributed by atoms with E-state index in [1.165, 1.54) is 5.56 Å². The first-order chi connectivity index (χ1) is 13.9. The summed E-state index contributed by atoms with van der Waals surface area (Å²) < 4.78 is 1.78. The van der Waals surface area contributed by atoms with Gasteiger partial charge in [0.15, 0.2) is 0 Å². The Hall–Kier alpha value is -2.67. The predicted molar refractivity (Wildman–Crippen MR) is 110 cm³/mol. The van der Waals surface area contributed by atoms with Crippen LogP contribution in [0.5, 0.6) is 0 Å². The Bertz CT molecular complexity index is 843. The molecule has 2 aliphatic rings. The molecule has 0 aliphatic carbocycles. The molecule has 2 aliphatic heterocycles. The van der Waals surface area contributed by atoms with Crippen LogP contribution in [0.25, 0.3) is 0 Å². The molecule has 7 heteroatoms. The van der Waals surface area contributed by atoms with Crippen molar-refractivity contribution in [3.05, 3.63) is 54.6 Å². The minimum atomic E-state index is -0.154. The summed E-state index contributed by atoms with van der Waals surface area (Å²) in [6, 6.07) is 10.5. The fourth-order valence-electron chi connectivity index (χ4n) is 4.63. The minimum Gasteiger partial charge on any atom is -0.354 e. The van der Waals surface area contributed by atoms with Crippen LogP contribution in [0.2, 0.25) is 0 Å². The molecule has 4 rings (SSSR count). The van der Waals surface area contributed by atoms with Gasteiger partial charge in [-0.1, -0.05) is 30.3 Å².